The highest BCUT2D eigenvalue weighted by Crippen LogP contribution is 2.10. The van der Waals surface area contributed by atoms with Crippen LogP contribution in [0, 0.1) is 0 Å². The van der Waals surface area contributed by atoms with Gasteiger partial charge in [-0.15, -0.1) is 5.10 Å². The molecule has 1 atom stereocenters. The van der Waals surface area contributed by atoms with E-state index in [4.69, 9.17) is 5.73 Å². The fourth-order valence-electron chi connectivity index (χ4n) is 1.34. The molecule has 0 aliphatic heterocycles. The molecule has 0 aliphatic rings. The summed E-state index contributed by atoms with van der Waals surface area (Å²) in [4.78, 5) is 0. The van der Waals surface area contributed by atoms with E-state index in [1.54, 1.807) is 10.9 Å². The summed E-state index contributed by atoms with van der Waals surface area (Å²) in [5.41, 5.74) is 7.11. The topological polar surface area (TPSA) is 56.7 Å². The minimum Gasteiger partial charge on any atom is -0.322 e. The summed E-state index contributed by atoms with van der Waals surface area (Å²) in [5.74, 6) is 0. The first-order valence-electron chi connectivity index (χ1n) is 4.51. The monoisotopic (exact) mass is 188 g/mol. The number of rotatable bonds is 3. The maximum absolute atomic E-state index is 6.00. The number of benzene rings is 1. The van der Waals surface area contributed by atoms with Crippen molar-refractivity contribution in [3.05, 3.63) is 48.3 Å². The first kappa shape index (κ1) is 8.90. The summed E-state index contributed by atoms with van der Waals surface area (Å²) in [5, 5.41) is 7.59. The molecule has 0 aliphatic carbocycles. The molecular formula is C10H12N4. The molecule has 2 aromatic rings. The summed E-state index contributed by atoms with van der Waals surface area (Å²) in [6, 6.07) is 9.94. The summed E-state index contributed by atoms with van der Waals surface area (Å²) >= 11 is 0. The Kier molecular flexibility index (Phi) is 2.55. The Morgan fingerprint density at radius 3 is 2.71 bits per heavy atom. The molecule has 1 aromatic heterocycles. The van der Waals surface area contributed by atoms with Crippen LogP contribution in [0.4, 0.5) is 0 Å². The predicted octanol–water partition coefficient (Wildman–Crippen LogP) is 0.978. The van der Waals surface area contributed by atoms with Crippen LogP contribution in [0.1, 0.15) is 11.6 Å². The Labute approximate surface area is 82.4 Å². The van der Waals surface area contributed by atoms with Gasteiger partial charge in [0.15, 0.2) is 0 Å². The van der Waals surface area contributed by atoms with Gasteiger partial charge in [0.1, 0.15) is 0 Å². The number of hydrogen-bond donors (Lipinski definition) is 1. The zero-order valence-corrected chi connectivity index (χ0v) is 7.74. The molecular weight excluding hydrogens is 176 g/mol. The van der Waals surface area contributed by atoms with Crippen molar-refractivity contribution in [2.24, 2.45) is 5.73 Å². The van der Waals surface area contributed by atoms with Crippen molar-refractivity contribution in [2.75, 3.05) is 0 Å². The summed E-state index contributed by atoms with van der Waals surface area (Å²) in [6.45, 7) is 0.657. The third kappa shape index (κ3) is 1.97. The summed E-state index contributed by atoms with van der Waals surface area (Å²) in [6.07, 6.45) is 3.46. The van der Waals surface area contributed by atoms with Gasteiger partial charge in [-0.25, -0.2) is 0 Å². The van der Waals surface area contributed by atoms with E-state index in [0.29, 0.717) is 6.54 Å². The van der Waals surface area contributed by atoms with Crippen LogP contribution in [0.5, 0.6) is 0 Å². The molecule has 0 saturated heterocycles. The second-order valence-electron chi connectivity index (χ2n) is 3.14. The number of aromatic nitrogens is 3. The molecule has 14 heavy (non-hydrogen) atoms. The van der Waals surface area contributed by atoms with Crippen LogP contribution in [0.15, 0.2) is 42.7 Å². The van der Waals surface area contributed by atoms with E-state index in [0.717, 1.165) is 5.56 Å². The van der Waals surface area contributed by atoms with Crippen LogP contribution < -0.4 is 5.73 Å². The van der Waals surface area contributed by atoms with Crippen molar-refractivity contribution in [2.45, 2.75) is 12.6 Å². The molecule has 1 aromatic carbocycles. The van der Waals surface area contributed by atoms with E-state index in [2.05, 4.69) is 10.3 Å². The van der Waals surface area contributed by atoms with Crippen LogP contribution in [-0.4, -0.2) is 15.0 Å². The van der Waals surface area contributed by atoms with Crippen LogP contribution in [0.25, 0.3) is 0 Å². The molecule has 0 spiro atoms. The lowest BCUT2D eigenvalue weighted by atomic mass is 10.1. The quantitative estimate of drug-likeness (QED) is 0.781. The molecule has 2 rings (SSSR count). The van der Waals surface area contributed by atoms with Crippen molar-refractivity contribution in [1.29, 1.82) is 0 Å². The van der Waals surface area contributed by atoms with Gasteiger partial charge in [0, 0.05) is 12.2 Å². The molecule has 0 radical (unpaired) electrons. The van der Waals surface area contributed by atoms with Gasteiger partial charge in [-0.2, -0.15) is 0 Å². The number of nitrogens with zero attached hydrogens (tertiary/aromatic N) is 3. The SMILES string of the molecule is N[C@H](Cn1ccnn1)c1ccccc1. The van der Waals surface area contributed by atoms with Gasteiger partial charge in [-0.05, 0) is 5.56 Å². The number of nitrogens with two attached hydrogens (primary N) is 1. The molecule has 0 amide bonds. The van der Waals surface area contributed by atoms with Crippen LogP contribution in [0.3, 0.4) is 0 Å². The second-order valence-corrected chi connectivity index (χ2v) is 3.14. The lowest BCUT2D eigenvalue weighted by Crippen LogP contribution is -2.17. The molecule has 0 unspecified atom stereocenters. The Morgan fingerprint density at radius 1 is 1.29 bits per heavy atom. The van der Waals surface area contributed by atoms with E-state index < -0.39 is 0 Å². The lowest BCUT2D eigenvalue weighted by molar-refractivity contribution is 0.513. The van der Waals surface area contributed by atoms with E-state index in [-0.39, 0.29) is 6.04 Å². The van der Waals surface area contributed by atoms with Crippen molar-refractivity contribution >= 4 is 0 Å². The minimum absolute atomic E-state index is 0.0297. The van der Waals surface area contributed by atoms with Crippen molar-refractivity contribution < 1.29 is 0 Å². The van der Waals surface area contributed by atoms with Gasteiger partial charge in [-0.1, -0.05) is 35.5 Å². The van der Waals surface area contributed by atoms with Gasteiger partial charge < -0.3 is 5.73 Å². The molecule has 0 saturated carbocycles. The second kappa shape index (κ2) is 4.02. The largest absolute Gasteiger partial charge is 0.322 e. The van der Waals surface area contributed by atoms with Gasteiger partial charge in [0.25, 0.3) is 0 Å². The standard InChI is InChI=1S/C10H12N4/c11-10(8-14-7-6-12-13-14)9-4-2-1-3-5-9/h1-7,10H,8,11H2/t10-/m1/s1. The maximum atomic E-state index is 6.00. The smallest absolute Gasteiger partial charge is 0.0692 e. The van der Waals surface area contributed by atoms with Crippen LogP contribution >= 0.6 is 0 Å². The highest BCUT2D eigenvalue weighted by molar-refractivity contribution is 5.18. The van der Waals surface area contributed by atoms with Crippen molar-refractivity contribution in [3.8, 4) is 0 Å². The van der Waals surface area contributed by atoms with Gasteiger partial charge in [-0.3, -0.25) is 4.68 Å². The van der Waals surface area contributed by atoms with E-state index >= 15 is 0 Å². The minimum atomic E-state index is -0.0297. The van der Waals surface area contributed by atoms with Gasteiger partial charge in [0.05, 0.1) is 12.7 Å². The molecule has 0 bridgehead atoms. The summed E-state index contributed by atoms with van der Waals surface area (Å²) < 4.78 is 1.73. The predicted molar refractivity (Wildman–Crippen MR) is 53.4 cm³/mol. The molecule has 72 valence electrons. The van der Waals surface area contributed by atoms with Crippen LogP contribution in [0.2, 0.25) is 0 Å². The average molecular weight is 188 g/mol. The highest BCUT2D eigenvalue weighted by atomic mass is 15.4. The third-order valence-electron chi connectivity index (χ3n) is 2.08. The fraction of sp³-hybridized carbons (Fsp3) is 0.200. The van der Waals surface area contributed by atoms with E-state index in [1.165, 1.54) is 0 Å². The average Bonchev–Trinajstić information content (AvgIpc) is 2.72. The van der Waals surface area contributed by atoms with E-state index in [9.17, 15) is 0 Å². The molecule has 2 N–H and O–H groups in total. The first-order valence-corrected chi connectivity index (χ1v) is 4.51. The Balaban J connectivity index is 2.07. The molecule has 0 fully saturated rings. The lowest BCUT2D eigenvalue weighted by Gasteiger charge is -2.10. The Bertz CT molecular complexity index is 368. The zero-order valence-electron chi connectivity index (χ0n) is 7.74. The van der Waals surface area contributed by atoms with Crippen molar-refractivity contribution in [1.82, 2.24) is 15.0 Å². The Hall–Kier alpha value is -1.68. The third-order valence-corrected chi connectivity index (χ3v) is 2.08. The number of hydrogen-bond acceptors (Lipinski definition) is 3. The first-order chi connectivity index (χ1) is 6.86. The molecule has 1 heterocycles. The van der Waals surface area contributed by atoms with Gasteiger partial charge in [0.2, 0.25) is 0 Å². The van der Waals surface area contributed by atoms with Gasteiger partial charge >= 0.3 is 0 Å². The zero-order chi connectivity index (χ0) is 9.80. The van der Waals surface area contributed by atoms with Crippen molar-refractivity contribution in [3.63, 3.8) is 0 Å². The van der Waals surface area contributed by atoms with Crippen LogP contribution in [-0.2, 0) is 6.54 Å². The maximum Gasteiger partial charge on any atom is 0.0692 e. The normalized spacial score (nSPS) is 12.6. The fourth-order valence-corrected chi connectivity index (χ4v) is 1.34. The highest BCUT2D eigenvalue weighted by Gasteiger charge is 2.05. The van der Waals surface area contributed by atoms with E-state index in [1.807, 2.05) is 36.5 Å². The Morgan fingerprint density at radius 2 is 2.07 bits per heavy atom. The summed E-state index contributed by atoms with van der Waals surface area (Å²) in [7, 11) is 0. The molecule has 4 nitrogen and oxygen atoms in total. The molecule has 4 heteroatoms.